The number of anilines is 1. The first-order valence-corrected chi connectivity index (χ1v) is 9.26. The van der Waals surface area contributed by atoms with E-state index in [0.717, 1.165) is 29.3 Å². The summed E-state index contributed by atoms with van der Waals surface area (Å²) >= 11 is 1.52. The summed E-state index contributed by atoms with van der Waals surface area (Å²) in [4.78, 5) is 12.5. The molecule has 23 heavy (non-hydrogen) atoms. The molecule has 0 radical (unpaired) electrons. The summed E-state index contributed by atoms with van der Waals surface area (Å²) in [5.41, 5.74) is 1.04. The molecule has 1 aliphatic rings. The van der Waals surface area contributed by atoms with Gasteiger partial charge in [-0.15, -0.1) is 10.2 Å². The summed E-state index contributed by atoms with van der Waals surface area (Å²) in [6.45, 7) is 2.03. The normalized spacial score (nSPS) is 16.4. The van der Waals surface area contributed by atoms with E-state index in [-0.39, 0.29) is 11.8 Å². The standard InChI is InChI=1S/C18H23N3OS/c1-2-15(14-10-4-3-5-11-14)17(22)19-18-21-20-16(23-18)12-13-8-6-7-9-13/h3-5,10-11,13,15H,2,6-9,12H2,1H3,(H,19,21,22)/t15-/m1/s1. The van der Waals surface area contributed by atoms with Gasteiger partial charge in [-0.3, -0.25) is 10.1 Å². The zero-order valence-corrected chi connectivity index (χ0v) is 14.3. The molecular weight excluding hydrogens is 306 g/mol. The van der Waals surface area contributed by atoms with Gasteiger partial charge in [0.1, 0.15) is 5.01 Å². The molecule has 1 aromatic heterocycles. The second-order valence-corrected chi connectivity index (χ2v) is 7.28. The van der Waals surface area contributed by atoms with Crippen molar-refractivity contribution in [3.8, 4) is 0 Å². The molecule has 0 saturated heterocycles. The Labute approximate surface area is 141 Å². The van der Waals surface area contributed by atoms with E-state index in [1.807, 2.05) is 37.3 Å². The second kappa shape index (κ2) is 7.68. The van der Waals surface area contributed by atoms with E-state index in [9.17, 15) is 4.79 Å². The van der Waals surface area contributed by atoms with Gasteiger partial charge in [0.2, 0.25) is 11.0 Å². The van der Waals surface area contributed by atoms with Crippen molar-refractivity contribution in [1.29, 1.82) is 0 Å². The number of nitrogens with one attached hydrogen (secondary N) is 1. The Balaban J connectivity index is 1.61. The molecule has 1 heterocycles. The second-order valence-electron chi connectivity index (χ2n) is 6.22. The minimum atomic E-state index is -0.140. The quantitative estimate of drug-likeness (QED) is 0.854. The van der Waals surface area contributed by atoms with Crippen molar-refractivity contribution in [2.75, 3.05) is 5.32 Å². The van der Waals surface area contributed by atoms with Crippen molar-refractivity contribution in [2.24, 2.45) is 5.92 Å². The van der Waals surface area contributed by atoms with Crippen LogP contribution in [0.5, 0.6) is 0 Å². The van der Waals surface area contributed by atoms with Gasteiger partial charge in [-0.25, -0.2) is 0 Å². The Kier molecular flexibility index (Phi) is 5.39. The van der Waals surface area contributed by atoms with Gasteiger partial charge in [0, 0.05) is 6.42 Å². The number of hydrogen-bond donors (Lipinski definition) is 1. The van der Waals surface area contributed by atoms with Gasteiger partial charge in [-0.05, 0) is 17.9 Å². The molecule has 2 aromatic rings. The van der Waals surface area contributed by atoms with Gasteiger partial charge in [-0.2, -0.15) is 0 Å². The molecule has 1 atom stereocenters. The van der Waals surface area contributed by atoms with Crippen LogP contribution in [0, 0.1) is 5.92 Å². The smallest absolute Gasteiger partial charge is 0.233 e. The highest BCUT2D eigenvalue weighted by Crippen LogP contribution is 2.30. The van der Waals surface area contributed by atoms with Crippen molar-refractivity contribution in [3.63, 3.8) is 0 Å². The third-order valence-electron chi connectivity index (χ3n) is 4.56. The molecule has 0 unspecified atom stereocenters. The van der Waals surface area contributed by atoms with Gasteiger partial charge < -0.3 is 0 Å². The molecule has 0 bridgehead atoms. The molecule has 5 heteroatoms. The van der Waals surface area contributed by atoms with Gasteiger partial charge >= 0.3 is 0 Å². The van der Waals surface area contributed by atoms with Crippen LogP contribution in [0.15, 0.2) is 30.3 Å². The summed E-state index contributed by atoms with van der Waals surface area (Å²) in [6.07, 6.45) is 7.04. The maximum Gasteiger partial charge on any atom is 0.233 e. The van der Waals surface area contributed by atoms with E-state index in [1.54, 1.807) is 0 Å². The van der Waals surface area contributed by atoms with Crippen LogP contribution in [0.4, 0.5) is 5.13 Å². The van der Waals surface area contributed by atoms with Crippen LogP contribution in [0.25, 0.3) is 0 Å². The van der Waals surface area contributed by atoms with E-state index in [4.69, 9.17) is 0 Å². The predicted molar refractivity (Wildman–Crippen MR) is 93.7 cm³/mol. The average molecular weight is 329 g/mol. The van der Waals surface area contributed by atoms with E-state index >= 15 is 0 Å². The number of nitrogens with zero attached hydrogens (tertiary/aromatic N) is 2. The van der Waals surface area contributed by atoms with Crippen LogP contribution < -0.4 is 5.32 Å². The van der Waals surface area contributed by atoms with E-state index < -0.39 is 0 Å². The molecule has 1 fully saturated rings. The minimum Gasteiger partial charge on any atom is -0.300 e. The first-order chi connectivity index (χ1) is 11.3. The topological polar surface area (TPSA) is 54.9 Å². The van der Waals surface area contributed by atoms with E-state index in [1.165, 1.54) is 37.0 Å². The van der Waals surface area contributed by atoms with Crippen molar-refractivity contribution in [3.05, 3.63) is 40.9 Å². The third kappa shape index (κ3) is 4.16. The summed E-state index contributed by atoms with van der Waals surface area (Å²) in [5.74, 6) is 0.611. The van der Waals surface area contributed by atoms with E-state index in [0.29, 0.717) is 5.13 Å². The first-order valence-electron chi connectivity index (χ1n) is 8.44. The van der Waals surface area contributed by atoms with Gasteiger partial charge in [0.15, 0.2) is 0 Å². The molecule has 0 aliphatic heterocycles. The fourth-order valence-electron chi connectivity index (χ4n) is 3.30. The zero-order valence-electron chi connectivity index (χ0n) is 13.5. The van der Waals surface area contributed by atoms with Crippen molar-refractivity contribution in [2.45, 2.75) is 51.4 Å². The van der Waals surface area contributed by atoms with Crippen LogP contribution >= 0.6 is 11.3 Å². The van der Waals surface area contributed by atoms with Crippen molar-refractivity contribution >= 4 is 22.4 Å². The number of aromatic nitrogens is 2. The van der Waals surface area contributed by atoms with Crippen molar-refractivity contribution < 1.29 is 4.79 Å². The molecule has 1 amide bonds. The Morgan fingerprint density at radius 2 is 2.00 bits per heavy atom. The molecule has 4 nitrogen and oxygen atoms in total. The highest BCUT2D eigenvalue weighted by atomic mass is 32.1. The van der Waals surface area contributed by atoms with Crippen LogP contribution in [0.1, 0.15) is 55.5 Å². The molecule has 1 saturated carbocycles. The lowest BCUT2D eigenvalue weighted by Crippen LogP contribution is -2.20. The predicted octanol–water partition coefficient (Wildman–Crippen LogP) is 4.40. The lowest BCUT2D eigenvalue weighted by Gasteiger charge is -2.13. The monoisotopic (exact) mass is 329 g/mol. The number of amides is 1. The minimum absolute atomic E-state index is 0.00210. The fourth-order valence-corrected chi connectivity index (χ4v) is 4.16. The number of carbonyl (C=O) groups excluding carboxylic acids is 1. The summed E-state index contributed by atoms with van der Waals surface area (Å²) < 4.78 is 0. The number of carbonyl (C=O) groups is 1. The number of rotatable bonds is 6. The SMILES string of the molecule is CC[C@@H](C(=O)Nc1nnc(CC2CCCC2)s1)c1ccccc1. The van der Waals surface area contributed by atoms with Gasteiger partial charge in [-0.1, -0.05) is 74.3 Å². The maximum absolute atomic E-state index is 12.5. The molecule has 1 aromatic carbocycles. The highest BCUT2D eigenvalue weighted by molar-refractivity contribution is 7.15. The van der Waals surface area contributed by atoms with Gasteiger partial charge in [0.05, 0.1) is 5.92 Å². The molecule has 1 aliphatic carbocycles. The fraction of sp³-hybridized carbons (Fsp3) is 0.500. The van der Waals surface area contributed by atoms with Gasteiger partial charge in [0.25, 0.3) is 0 Å². The Morgan fingerprint density at radius 3 is 2.70 bits per heavy atom. The van der Waals surface area contributed by atoms with Crippen LogP contribution in [-0.4, -0.2) is 16.1 Å². The number of benzene rings is 1. The van der Waals surface area contributed by atoms with Crippen LogP contribution in [0.2, 0.25) is 0 Å². The lowest BCUT2D eigenvalue weighted by atomic mass is 9.96. The Morgan fingerprint density at radius 1 is 1.26 bits per heavy atom. The molecular formula is C18H23N3OS. The van der Waals surface area contributed by atoms with E-state index in [2.05, 4.69) is 15.5 Å². The summed E-state index contributed by atoms with van der Waals surface area (Å²) in [7, 11) is 0. The molecule has 3 rings (SSSR count). The van der Waals surface area contributed by atoms with Crippen LogP contribution in [0.3, 0.4) is 0 Å². The Bertz CT molecular complexity index is 635. The largest absolute Gasteiger partial charge is 0.300 e. The Hall–Kier alpha value is -1.75. The molecule has 0 spiro atoms. The summed E-state index contributed by atoms with van der Waals surface area (Å²) in [5, 5.41) is 13.0. The number of hydrogen-bond acceptors (Lipinski definition) is 4. The van der Waals surface area contributed by atoms with Crippen LogP contribution in [-0.2, 0) is 11.2 Å². The zero-order chi connectivity index (χ0) is 16.1. The maximum atomic E-state index is 12.5. The van der Waals surface area contributed by atoms with Crippen molar-refractivity contribution in [1.82, 2.24) is 10.2 Å². The molecule has 122 valence electrons. The lowest BCUT2D eigenvalue weighted by molar-refractivity contribution is -0.117. The molecule has 1 N–H and O–H groups in total. The third-order valence-corrected chi connectivity index (χ3v) is 5.42. The first kappa shape index (κ1) is 16.1. The highest BCUT2D eigenvalue weighted by Gasteiger charge is 2.21. The average Bonchev–Trinajstić information content (AvgIpc) is 3.22. The summed E-state index contributed by atoms with van der Waals surface area (Å²) in [6, 6.07) is 9.90.